The molecule has 1 N–H and O–H groups in total. The lowest BCUT2D eigenvalue weighted by molar-refractivity contribution is 0.701. The van der Waals surface area contributed by atoms with Crippen LogP contribution in [0.1, 0.15) is 16.1 Å². The Morgan fingerprint density at radius 3 is 2.80 bits per heavy atom. The molecule has 3 aromatic rings. The van der Waals surface area contributed by atoms with Crippen LogP contribution in [0.5, 0.6) is 0 Å². The first-order chi connectivity index (χ1) is 9.70. The number of pyridine rings is 1. The van der Waals surface area contributed by atoms with Crippen molar-refractivity contribution in [1.82, 2.24) is 10.3 Å². The van der Waals surface area contributed by atoms with Crippen molar-refractivity contribution in [2.75, 3.05) is 0 Å². The van der Waals surface area contributed by atoms with Gasteiger partial charge in [0, 0.05) is 29.0 Å². The number of hydrogen-bond donors (Lipinski definition) is 1. The standard InChI is InChI=1S/C16H15BrN2S/c1-11-2-4-13-8-12(3-6-15(13)19-11)9-18-10-14-5-7-16(17)20-14/h2-8,18H,9-10H2,1H3. The molecule has 0 aliphatic rings. The normalized spacial score (nSPS) is 11.1. The Kier molecular flexibility index (Phi) is 4.15. The van der Waals surface area contributed by atoms with E-state index in [-0.39, 0.29) is 0 Å². The lowest BCUT2D eigenvalue weighted by Gasteiger charge is -2.05. The van der Waals surface area contributed by atoms with E-state index >= 15 is 0 Å². The van der Waals surface area contributed by atoms with Gasteiger partial charge in [-0.3, -0.25) is 4.98 Å². The average molecular weight is 347 g/mol. The predicted octanol–water partition coefficient (Wildman–Crippen LogP) is 4.66. The second-order valence-electron chi connectivity index (χ2n) is 4.79. The highest BCUT2D eigenvalue weighted by molar-refractivity contribution is 9.11. The molecule has 0 aliphatic carbocycles. The fourth-order valence-electron chi connectivity index (χ4n) is 2.16. The van der Waals surface area contributed by atoms with Gasteiger partial charge < -0.3 is 5.32 Å². The maximum atomic E-state index is 4.52. The van der Waals surface area contributed by atoms with E-state index in [9.17, 15) is 0 Å². The minimum Gasteiger partial charge on any atom is -0.308 e. The molecule has 0 aliphatic heterocycles. The van der Waals surface area contributed by atoms with Crippen molar-refractivity contribution in [2.24, 2.45) is 0 Å². The van der Waals surface area contributed by atoms with Gasteiger partial charge in [-0.05, 0) is 58.7 Å². The highest BCUT2D eigenvalue weighted by Gasteiger charge is 2.00. The van der Waals surface area contributed by atoms with E-state index in [0.29, 0.717) is 0 Å². The minimum atomic E-state index is 0.874. The van der Waals surface area contributed by atoms with Crippen LogP contribution >= 0.6 is 27.3 Å². The molecular weight excluding hydrogens is 332 g/mol. The van der Waals surface area contributed by atoms with Crippen LogP contribution in [-0.2, 0) is 13.1 Å². The summed E-state index contributed by atoms with van der Waals surface area (Å²) in [6.07, 6.45) is 0. The van der Waals surface area contributed by atoms with Crippen LogP contribution in [-0.4, -0.2) is 4.98 Å². The van der Waals surface area contributed by atoms with Crippen molar-refractivity contribution >= 4 is 38.2 Å². The SMILES string of the molecule is Cc1ccc2cc(CNCc3ccc(Br)s3)ccc2n1. The van der Waals surface area contributed by atoms with Crippen molar-refractivity contribution in [3.05, 3.63) is 62.4 Å². The molecule has 0 unspecified atom stereocenters. The van der Waals surface area contributed by atoms with Crippen molar-refractivity contribution < 1.29 is 0 Å². The number of fused-ring (bicyclic) bond motifs is 1. The summed E-state index contributed by atoms with van der Waals surface area (Å²) < 4.78 is 1.18. The maximum Gasteiger partial charge on any atom is 0.0705 e. The van der Waals surface area contributed by atoms with Gasteiger partial charge in [-0.25, -0.2) is 0 Å². The van der Waals surface area contributed by atoms with E-state index in [4.69, 9.17) is 0 Å². The summed E-state index contributed by atoms with van der Waals surface area (Å²) in [6, 6.07) is 14.9. The second-order valence-corrected chi connectivity index (χ2v) is 7.34. The Bertz CT molecular complexity index is 736. The summed E-state index contributed by atoms with van der Waals surface area (Å²) in [5, 5.41) is 4.68. The number of halogens is 1. The van der Waals surface area contributed by atoms with Crippen LogP contribution in [0.25, 0.3) is 10.9 Å². The molecule has 1 aromatic carbocycles. The molecule has 20 heavy (non-hydrogen) atoms. The molecule has 0 fully saturated rings. The molecule has 0 saturated heterocycles. The van der Waals surface area contributed by atoms with Gasteiger partial charge in [0.05, 0.1) is 9.30 Å². The fourth-order valence-corrected chi connectivity index (χ4v) is 3.62. The molecule has 3 rings (SSSR count). The van der Waals surface area contributed by atoms with Crippen molar-refractivity contribution in [3.8, 4) is 0 Å². The van der Waals surface area contributed by atoms with E-state index < -0.39 is 0 Å². The van der Waals surface area contributed by atoms with E-state index in [1.54, 1.807) is 11.3 Å². The van der Waals surface area contributed by atoms with Crippen LogP contribution in [0.15, 0.2) is 46.3 Å². The number of aromatic nitrogens is 1. The van der Waals surface area contributed by atoms with E-state index in [1.807, 2.05) is 6.92 Å². The topological polar surface area (TPSA) is 24.9 Å². The Morgan fingerprint density at radius 2 is 2.00 bits per heavy atom. The van der Waals surface area contributed by atoms with Gasteiger partial charge in [0.15, 0.2) is 0 Å². The number of aryl methyl sites for hydroxylation is 1. The monoisotopic (exact) mass is 346 g/mol. The Balaban J connectivity index is 1.67. The summed E-state index contributed by atoms with van der Waals surface area (Å²) >= 11 is 5.26. The van der Waals surface area contributed by atoms with Gasteiger partial charge in [-0.1, -0.05) is 12.1 Å². The number of nitrogens with zero attached hydrogens (tertiary/aromatic N) is 1. The van der Waals surface area contributed by atoms with Gasteiger partial charge >= 0.3 is 0 Å². The Morgan fingerprint density at radius 1 is 1.10 bits per heavy atom. The third kappa shape index (κ3) is 3.26. The Hall–Kier alpha value is -1.23. The van der Waals surface area contributed by atoms with Crippen molar-refractivity contribution in [1.29, 1.82) is 0 Å². The molecular formula is C16H15BrN2S. The number of thiophene rings is 1. The average Bonchev–Trinajstić information content (AvgIpc) is 2.85. The third-order valence-corrected chi connectivity index (χ3v) is 4.77. The Labute approximate surface area is 131 Å². The molecule has 2 aromatic heterocycles. The maximum absolute atomic E-state index is 4.52. The lowest BCUT2D eigenvalue weighted by atomic mass is 10.1. The van der Waals surface area contributed by atoms with E-state index in [2.05, 4.69) is 68.7 Å². The van der Waals surface area contributed by atoms with Gasteiger partial charge in [0.2, 0.25) is 0 Å². The fraction of sp³-hybridized carbons (Fsp3) is 0.188. The molecule has 2 nitrogen and oxygen atoms in total. The van der Waals surface area contributed by atoms with Gasteiger partial charge in [0.1, 0.15) is 0 Å². The summed E-state index contributed by atoms with van der Waals surface area (Å²) in [4.78, 5) is 5.87. The largest absolute Gasteiger partial charge is 0.308 e. The minimum absolute atomic E-state index is 0.874. The predicted molar refractivity (Wildman–Crippen MR) is 89.0 cm³/mol. The van der Waals surface area contributed by atoms with Gasteiger partial charge in [-0.2, -0.15) is 0 Å². The first-order valence-corrected chi connectivity index (χ1v) is 8.13. The van der Waals surface area contributed by atoms with Gasteiger partial charge in [-0.15, -0.1) is 11.3 Å². The molecule has 0 radical (unpaired) electrons. The molecule has 102 valence electrons. The molecule has 0 amide bonds. The summed E-state index contributed by atoms with van der Waals surface area (Å²) in [5.74, 6) is 0. The van der Waals surface area contributed by atoms with Crippen LogP contribution < -0.4 is 5.32 Å². The van der Waals surface area contributed by atoms with Crippen molar-refractivity contribution in [2.45, 2.75) is 20.0 Å². The first-order valence-electron chi connectivity index (χ1n) is 6.52. The molecule has 0 atom stereocenters. The summed E-state index contributed by atoms with van der Waals surface area (Å²) in [5.41, 5.74) is 3.42. The molecule has 2 heterocycles. The molecule has 0 spiro atoms. The highest BCUT2D eigenvalue weighted by Crippen LogP contribution is 2.22. The first kappa shape index (κ1) is 13.7. The van der Waals surface area contributed by atoms with Crippen LogP contribution in [0.2, 0.25) is 0 Å². The number of rotatable bonds is 4. The molecule has 4 heteroatoms. The third-order valence-electron chi connectivity index (χ3n) is 3.15. The smallest absolute Gasteiger partial charge is 0.0705 e. The van der Waals surface area contributed by atoms with E-state index in [0.717, 1.165) is 24.3 Å². The zero-order valence-corrected chi connectivity index (χ0v) is 13.6. The molecule has 0 saturated carbocycles. The van der Waals surface area contributed by atoms with Crippen LogP contribution in [0.3, 0.4) is 0 Å². The van der Waals surface area contributed by atoms with Crippen LogP contribution in [0, 0.1) is 6.92 Å². The van der Waals surface area contributed by atoms with Crippen LogP contribution in [0.4, 0.5) is 0 Å². The zero-order chi connectivity index (χ0) is 13.9. The lowest BCUT2D eigenvalue weighted by Crippen LogP contribution is -2.11. The molecule has 0 bridgehead atoms. The van der Waals surface area contributed by atoms with Crippen molar-refractivity contribution in [3.63, 3.8) is 0 Å². The van der Waals surface area contributed by atoms with Gasteiger partial charge in [0.25, 0.3) is 0 Å². The number of nitrogens with one attached hydrogen (secondary N) is 1. The summed E-state index contributed by atoms with van der Waals surface area (Å²) in [7, 11) is 0. The highest BCUT2D eigenvalue weighted by atomic mass is 79.9. The zero-order valence-electron chi connectivity index (χ0n) is 11.2. The second kappa shape index (κ2) is 6.04. The number of hydrogen-bond acceptors (Lipinski definition) is 3. The summed E-state index contributed by atoms with van der Waals surface area (Å²) in [6.45, 7) is 3.80. The number of benzene rings is 1. The quantitative estimate of drug-likeness (QED) is 0.743. The van der Waals surface area contributed by atoms with E-state index in [1.165, 1.54) is 19.6 Å².